The van der Waals surface area contributed by atoms with Crippen molar-refractivity contribution in [2.24, 2.45) is 0 Å². The van der Waals surface area contributed by atoms with Gasteiger partial charge in [-0.05, 0) is 12.1 Å². The standard InChI is InChI=1S/C12H7N3O2/c16-12-3-1-2-8-4-9-6-13-7-10(9)5-11(8)15(17)14-12/h1-7H/p+1. The molecule has 3 rings (SSSR count). The van der Waals surface area contributed by atoms with Gasteiger partial charge in [0.2, 0.25) is 0 Å². The van der Waals surface area contributed by atoms with E-state index in [2.05, 4.69) is 10.1 Å². The normalized spacial score (nSPS) is 10.8. The zero-order valence-electron chi connectivity index (χ0n) is 8.75. The van der Waals surface area contributed by atoms with Crippen LogP contribution in [-0.4, -0.2) is 10.1 Å². The second kappa shape index (κ2) is 3.48. The first-order valence-corrected chi connectivity index (χ1v) is 5.08. The van der Waals surface area contributed by atoms with Crippen molar-refractivity contribution in [2.45, 2.75) is 0 Å². The number of H-pyrrole nitrogens is 1. The molecule has 0 atom stereocenters. The number of rotatable bonds is 0. The van der Waals surface area contributed by atoms with Crippen LogP contribution in [0.4, 0.5) is 0 Å². The first kappa shape index (κ1) is 9.65. The molecule has 0 fully saturated rings. The maximum atomic E-state index is 11.7. The Morgan fingerprint density at radius 3 is 2.65 bits per heavy atom. The van der Waals surface area contributed by atoms with Gasteiger partial charge in [0.25, 0.3) is 5.52 Å². The molecular formula is C12H8N3O2+. The Bertz CT molecular complexity index is 840. The highest BCUT2D eigenvalue weighted by atomic mass is 16.3. The zero-order chi connectivity index (χ0) is 11.8. The minimum atomic E-state index is -0.442. The first-order valence-electron chi connectivity index (χ1n) is 5.08. The molecule has 5 nitrogen and oxygen atoms in total. The fraction of sp³-hybridized carbons (Fsp3) is 0. The number of hydrogen-bond acceptors (Lipinski definition) is 3. The predicted octanol–water partition coefficient (Wildman–Crippen LogP) is 0.991. The number of nitrogens with one attached hydrogen (secondary N) is 1. The van der Waals surface area contributed by atoms with Crippen LogP contribution in [0.15, 0.2) is 47.5 Å². The smallest absolute Gasteiger partial charge is 0.264 e. The SMILES string of the molecule is O=c1cccc2cc3cncc3cc2[n+](=O)[nH]1. The molecule has 0 amide bonds. The van der Waals surface area contributed by atoms with Crippen molar-refractivity contribution in [1.82, 2.24) is 10.1 Å². The third kappa shape index (κ3) is 1.57. The second-order valence-electron chi connectivity index (χ2n) is 3.74. The van der Waals surface area contributed by atoms with Gasteiger partial charge in [-0.2, -0.15) is 0 Å². The summed E-state index contributed by atoms with van der Waals surface area (Å²) in [6.45, 7) is 0. The topological polar surface area (TPSA) is 68.7 Å². The minimum absolute atomic E-state index is 0.406. The van der Waals surface area contributed by atoms with E-state index < -0.39 is 5.56 Å². The van der Waals surface area contributed by atoms with Crippen molar-refractivity contribution in [3.05, 3.63) is 58.0 Å². The van der Waals surface area contributed by atoms with Crippen molar-refractivity contribution < 1.29 is 4.54 Å². The first-order chi connectivity index (χ1) is 8.24. The van der Waals surface area contributed by atoms with Crippen molar-refractivity contribution in [3.8, 4) is 0 Å². The number of fused-ring (bicyclic) bond motifs is 2. The Hall–Kier alpha value is -2.56. The third-order valence-corrected chi connectivity index (χ3v) is 2.61. The Kier molecular flexibility index (Phi) is 1.98. The van der Waals surface area contributed by atoms with Crippen molar-refractivity contribution in [1.29, 1.82) is 0 Å². The molecule has 0 saturated heterocycles. The molecule has 1 N–H and O–H groups in total. The maximum Gasteiger partial charge on any atom is 0.302 e. The quantitative estimate of drug-likeness (QED) is 0.581. The van der Waals surface area contributed by atoms with E-state index in [1.807, 2.05) is 6.07 Å². The molecule has 0 aliphatic carbocycles. The third-order valence-electron chi connectivity index (χ3n) is 2.61. The van der Waals surface area contributed by atoms with Crippen LogP contribution in [0.5, 0.6) is 0 Å². The molecule has 0 saturated carbocycles. The van der Waals surface area contributed by atoms with E-state index in [1.54, 1.807) is 30.6 Å². The largest absolute Gasteiger partial charge is 0.302 e. The summed E-state index contributed by atoms with van der Waals surface area (Å²) in [5, 5.41) is 4.79. The summed E-state index contributed by atoms with van der Waals surface area (Å²) in [6.07, 6.45) is 3.42. The monoisotopic (exact) mass is 226 g/mol. The summed E-state index contributed by atoms with van der Waals surface area (Å²) in [4.78, 5) is 27.0. The molecule has 2 heterocycles. The summed E-state index contributed by atoms with van der Waals surface area (Å²) in [5.74, 6) is 0. The van der Waals surface area contributed by atoms with Crippen LogP contribution in [-0.2, 0) is 0 Å². The van der Waals surface area contributed by atoms with Gasteiger partial charge in [-0.1, -0.05) is 11.2 Å². The average Bonchev–Trinajstić information content (AvgIpc) is 2.73. The molecule has 1 aromatic carbocycles. The van der Waals surface area contributed by atoms with Crippen molar-refractivity contribution in [2.75, 3.05) is 0 Å². The van der Waals surface area contributed by atoms with Crippen LogP contribution >= 0.6 is 0 Å². The Morgan fingerprint density at radius 2 is 1.82 bits per heavy atom. The second-order valence-corrected chi connectivity index (χ2v) is 3.74. The molecule has 0 aliphatic heterocycles. The number of nitrogens with zero attached hydrogens (tertiary/aromatic N) is 2. The predicted molar refractivity (Wildman–Crippen MR) is 63.2 cm³/mol. The van der Waals surface area contributed by atoms with Gasteiger partial charge in [0, 0.05) is 35.3 Å². The van der Waals surface area contributed by atoms with Gasteiger partial charge in [-0.25, -0.2) is 0 Å². The summed E-state index contributed by atoms with van der Waals surface area (Å²) >= 11 is 0. The lowest BCUT2D eigenvalue weighted by atomic mass is 10.1. The molecule has 0 bridgehead atoms. The van der Waals surface area contributed by atoms with E-state index >= 15 is 0 Å². The highest BCUT2D eigenvalue weighted by Crippen LogP contribution is 2.18. The lowest BCUT2D eigenvalue weighted by Gasteiger charge is -1.88. The highest BCUT2D eigenvalue weighted by Gasteiger charge is 2.07. The summed E-state index contributed by atoms with van der Waals surface area (Å²) in [6, 6.07) is 8.22. The summed E-state index contributed by atoms with van der Waals surface area (Å²) < 4.78 is 0.476. The number of benzene rings is 1. The summed E-state index contributed by atoms with van der Waals surface area (Å²) in [5.41, 5.74) is -0.0363. The van der Waals surface area contributed by atoms with Gasteiger partial charge in [0.15, 0.2) is 4.54 Å². The van der Waals surface area contributed by atoms with Gasteiger partial charge in [0.1, 0.15) is 0 Å². The highest BCUT2D eigenvalue weighted by molar-refractivity contribution is 5.94. The van der Waals surface area contributed by atoms with E-state index in [0.29, 0.717) is 10.1 Å². The van der Waals surface area contributed by atoms with Crippen LogP contribution in [0.1, 0.15) is 0 Å². The average molecular weight is 226 g/mol. The van der Waals surface area contributed by atoms with Crippen LogP contribution in [0, 0.1) is 4.91 Å². The molecule has 5 heteroatoms. The van der Waals surface area contributed by atoms with E-state index in [-0.39, 0.29) is 0 Å². The lowest BCUT2D eigenvalue weighted by Crippen LogP contribution is -2.26. The van der Waals surface area contributed by atoms with E-state index in [9.17, 15) is 9.70 Å². The van der Waals surface area contributed by atoms with E-state index in [4.69, 9.17) is 0 Å². The van der Waals surface area contributed by atoms with Crippen molar-refractivity contribution >= 4 is 21.7 Å². The molecule has 0 aliphatic rings. The molecule has 0 radical (unpaired) electrons. The molecule has 0 unspecified atom stereocenters. The van der Waals surface area contributed by atoms with E-state index in [0.717, 1.165) is 16.2 Å². The van der Waals surface area contributed by atoms with Crippen LogP contribution in [0.3, 0.4) is 0 Å². The lowest BCUT2D eigenvalue weighted by molar-refractivity contribution is -0.536. The van der Waals surface area contributed by atoms with Gasteiger partial charge in [-0.3, -0.25) is 9.78 Å². The molecular weight excluding hydrogens is 218 g/mol. The Balaban J connectivity index is 2.61. The van der Waals surface area contributed by atoms with Gasteiger partial charge < -0.3 is 0 Å². The molecule has 17 heavy (non-hydrogen) atoms. The zero-order valence-corrected chi connectivity index (χ0v) is 8.75. The maximum absolute atomic E-state index is 11.7. The molecule has 0 spiro atoms. The molecule has 82 valence electrons. The van der Waals surface area contributed by atoms with Gasteiger partial charge in [0.05, 0.1) is 10.3 Å². The Labute approximate surface area is 94.9 Å². The number of aromatic nitrogens is 3. The van der Waals surface area contributed by atoms with Crippen LogP contribution in [0.2, 0.25) is 0 Å². The number of aromatic amines is 1. The van der Waals surface area contributed by atoms with Crippen molar-refractivity contribution in [3.63, 3.8) is 0 Å². The van der Waals surface area contributed by atoms with Crippen LogP contribution < -0.4 is 10.1 Å². The summed E-state index contributed by atoms with van der Waals surface area (Å²) in [7, 11) is 0. The fourth-order valence-electron chi connectivity index (χ4n) is 1.81. The fourth-order valence-corrected chi connectivity index (χ4v) is 1.81. The van der Waals surface area contributed by atoms with Gasteiger partial charge in [-0.15, -0.1) is 0 Å². The van der Waals surface area contributed by atoms with Gasteiger partial charge >= 0.3 is 5.56 Å². The molecule has 2 aromatic heterocycles. The number of hydrogen-bond donors (Lipinski definition) is 1. The minimum Gasteiger partial charge on any atom is -0.264 e. The van der Waals surface area contributed by atoms with E-state index in [1.165, 1.54) is 6.07 Å². The Morgan fingerprint density at radius 1 is 1.06 bits per heavy atom. The molecule has 3 aromatic rings. The van der Waals surface area contributed by atoms with Crippen LogP contribution in [0.25, 0.3) is 21.7 Å².